The summed E-state index contributed by atoms with van der Waals surface area (Å²) in [7, 11) is -4.57. The predicted octanol–water partition coefficient (Wildman–Crippen LogP) is 2.94. The summed E-state index contributed by atoms with van der Waals surface area (Å²) in [6, 6.07) is 0. The molecule has 5 nitrogen and oxygen atoms in total. The first-order chi connectivity index (χ1) is 9.60. The lowest BCUT2D eigenvalue weighted by Gasteiger charge is -2.45. The van der Waals surface area contributed by atoms with E-state index in [0.717, 1.165) is 24.8 Å². The minimum absolute atomic E-state index is 0.0678. The van der Waals surface area contributed by atoms with E-state index in [2.05, 4.69) is 13.5 Å². The molecule has 0 aromatic heterocycles. The smallest absolute Gasteiger partial charge is 0.341 e. The van der Waals surface area contributed by atoms with Crippen LogP contribution < -0.4 is 0 Å². The molecule has 0 aromatic rings. The Labute approximate surface area is 126 Å². The molecule has 21 heavy (non-hydrogen) atoms. The molecule has 3 aliphatic rings. The number of ether oxygens (including phenoxy) is 1. The van der Waals surface area contributed by atoms with Gasteiger partial charge in [0.2, 0.25) is 0 Å². The van der Waals surface area contributed by atoms with Gasteiger partial charge in [0.25, 0.3) is 0 Å². The lowest BCUT2D eigenvalue weighted by molar-refractivity contribution is -0.254. The molecule has 2 saturated heterocycles. The van der Waals surface area contributed by atoms with Crippen LogP contribution in [0, 0.1) is 23.7 Å². The van der Waals surface area contributed by atoms with E-state index in [1.165, 1.54) is 0 Å². The standard InChI is InChI=1S/C15H24O5S/c1-9(2)13-8-14-11(4)5-6-12(14)10(3)7-15(13,19-14)20-21(16,17)18/h9,11-13H,3,5-8H2,1-2,4H3,(H,16,17,18). The fraction of sp³-hybridized carbons (Fsp3) is 0.867. The monoisotopic (exact) mass is 316 g/mol. The topological polar surface area (TPSA) is 72.8 Å². The van der Waals surface area contributed by atoms with Gasteiger partial charge in [-0.3, -0.25) is 4.55 Å². The third-order valence-corrected chi connectivity index (χ3v) is 6.29. The van der Waals surface area contributed by atoms with Crippen molar-refractivity contribution in [3.8, 4) is 0 Å². The van der Waals surface area contributed by atoms with Crippen LogP contribution in [0.2, 0.25) is 0 Å². The molecule has 6 heteroatoms. The van der Waals surface area contributed by atoms with Crippen LogP contribution >= 0.6 is 0 Å². The fourth-order valence-electron chi connectivity index (χ4n) is 4.89. The second-order valence-corrected chi connectivity index (χ2v) is 8.32. The first kappa shape index (κ1) is 15.5. The van der Waals surface area contributed by atoms with E-state index in [1.54, 1.807) is 0 Å². The van der Waals surface area contributed by atoms with Crippen LogP contribution in [0.1, 0.15) is 46.5 Å². The van der Waals surface area contributed by atoms with Crippen molar-refractivity contribution in [3.05, 3.63) is 12.2 Å². The van der Waals surface area contributed by atoms with Crippen LogP contribution in [0.25, 0.3) is 0 Å². The van der Waals surface area contributed by atoms with E-state index < -0.39 is 16.2 Å². The van der Waals surface area contributed by atoms with Crippen molar-refractivity contribution in [1.82, 2.24) is 0 Å². The number of fused-ring (bicyclic) bond motifs is 1. The zero-order valence-electron chi connectivity index (χ0n) is 12.8. The summed E-state index contributed by atoms with van der Waals surface area (Å²) >= 11 is 0. The van der Waals surface area contributed by atoms with E-state index in [0.29, 0.717) is 12.3 Å². The van der Waals surface area contributed by atoms with Crippen LogP contribution in [-0.2, 0) is 19.3 Å². The number of rotatable bonds is 3. The molecule has 3 rings (SSSR count). The quantitative estimate of drug-likeness (QED) is 0.640. The van der Waals surface area contributed by atoms with E-state index >= 15 is 0 Å². The van der Waals surface area contributed by atoms with Crippen LogP contribution in [0.5, 0.6) is 0 Å². The maximum absolute atomic E-state index is 11.4. The van der Waals surface area contributed by atoms with Crippen LogP contribution in [0.15, 0.2) is 12.2 Å². The van der Waals surface area contributed by atoms with Crippen molar-refractivity contribution in [2.24, 2.45) is 23.7 Å². The van der Waals surface area contributed by atoms with Crippen molar-refractivity contribution in [3.63, 3.8) is 0 Å². The molecular formula is C15H24O5S. The highest BCUT2D eigenvalue weighted by molar-refractivity contribution is 7.80. The van der Waals surface area contributed by atoms with Gasteiger partial charge in [0.05, 0.1) is 5.60 Å². The highest BCUT2D eigenvalue weighted by atomic mass is 32.3. The molecule has 5 unspecified atom stereocenters. The first-order valence-electron chi connectivity index (χ1n) is 7.65. The van der Waals surface area contributed by atoms with Gasteiger partial charge < -0.3 is 4.74 Å². The Hall–Kier alpha value is -0.430. The Bertz CT molecular complexity index is 569. The van der Waals surface area contributed by atoms with E-state index in [4.69, 9.17) is 8.92 Å². The van der Waals surface area contributed by atoms with E-state index in [-0.39, 0.29) is 23.4 Å². The second-order valence-electron chi connectivity index (χ2n) is 7.30. The van der Waals surface area contributed by atoms with Gasteiger partial charge in [-0.05, 0) is 31.1 Å². The highest BCUT2D eigenvalue weighted by Crippen LogP contribution is 2.65. The van der Waals surface area contributed by atoms with Crippen molar-refractivity contribution < 1.29 is 21.9 Å². The summed E-state index contributed by atoms with van der Waals surface area (Å²) < 4.78 is 43.3. The molecule has 2 heterocycles. The molecule has 2 bridgehead atoms. The van der Waals surface area contributed by atoms with Crippen LogP contribution in [-0.4, -0.2) is 24.4 Å². The SMILES string of the molecule is C=C1CC2(OS(=O)(=O)O)OC3(CC2C(C)C)C(C)CCC13. The summed E-state index contributed by atoms with van der Waals surface area (Å²) in [5.74, 6) is -0.539. The largest absolute Gasteiger partial charge is 0.400 e. The van der Waals surface area contributed by atoms with Gasteiger partial charge in [0.15, 0.2) is 5.79 Å². The summed E-state index contributed by atoms with van der Waals surface area (Å²) in [6.45, 7) is 10.4. The normalized spacial score (nSPS) is 46.1. The number of hydrogen-bond acceptors (Lipinski definition) is 4. The molecule has 0 radical (unpaired) electrons. The summed E-state index contributed by atoms with van der Waals surface area (Å²) in [5, 5.41) is 0. The maximum atomic E-state index is 11.4. The first-order valence-corrected chi connectivity index (χ1v) is 9.02. The fourth-order valence-corrected chi connectivity index (χ4v) is 5.46. The van der Waals surface area contributed by atoms with E-state index in [9.17, 15) is 13.0 Å². The average molecular weight is 316 g/mol. The third-order valence-electron chi connectivity index (χ3n) is 5.80. The van der Waals surface area contributed by atoms with Crippen molar-refractivity contribution in [1.29, 1.82) is 0 Å². The Morgan fingerprint density at radius 1 is 1.43 bits per heavy atom. The summed E-state index contributed by atoms with van der Waals surface area (Å²) in [4.78, 5) is 0. The maximum Gasteiger partial charge on any atom is 0.400 e. The third kappa shape index (κ3) is 2.19. The average Bonchev–Trinajstić information content (AvgIpc) is 2.75. The predicted molar refractivity (Wildman–Crippen MR) is 77.8 cm³/mol. The molecule has 1 N–H and O–H groups in total. The molecule has 0 amide bonds. The minimum atomic E-state index is -4.57. The molecule has 1 aliphatic carbocycles. The van der Waals surface area contributed by atoms with Crippen molar-refractivity contribution in [2.45, 2.75) is 57.8 Å². The lowest BCUT2D eigenvalue weighted by Crippen LogP contribution is -2.51. The highest BCUT2D eigenvalue weighted by Gasteiger charge is 2.68. The molecular weight excluding hydrogens is 292 g/mol. The van der Waals surface area contributed by atoms with Crippen LogP contribution in [0.3, 0.4) is 0 Å². The minimum Gasteiger partial charge on any atom is -0.341 e. The second kappa shape index (κ2) is 4.54. The Kier molecular flexibility index (Phi) is 3.34. The molecule has 5 atom stereocenters. The van der Waals surface area contributed by atoms with Gasteiger partial charge in [-0.15, -0.1) is 0 Å². The van der Waals surface area contributed by atoms with Gasteiger partial charge in [-0.1, -0.05) is 32.9 Å². The molecule has 1 saturated carbocycles. The Morgan fingerprint density at radius 3 is 2.67 bits per heavy atom. The van der Waals surface area contributed by atoms with Crippen LogP contribution in [0.4, 0.5) is 0 Å². The van der Waals surface area contributed by atoms with Gasteiger partial charge in [-0.2, -0.15) is 8.42 Å². The molecule has 1 spiro atoms. The van der Waals surface area contributed by atoms with Crippen molar-refractivity contribution in [2.75, 3.05) is 0 Å². The lowest BCUT2D eigenvalue weighted by atomic mass is 9.77. The Balaban J connectivity index is 2.08. The van der Waals surface area contributed by atoms with Crippen molar-refractivity contribution >= 4 is 10.4 Å². The molecule has 120 valence electrons. The zero-order valence-corrected chi connectivity index (χ0v) is 13.6. The van der Waals surface area contributed by atoms with Gasteiger partial charge in [0, 0.05) is 18.3 Å². The molecule has 2 aliphatic heterocycles. The van der Waals surface area contributed by atoms with Gasteiger partial charge >= 0.3 is 10.4 Å². The zero-order chi connectivity index (χ0) is 15.6. The summed E-state index contributed by atoms with van der Waals surface area (Å²) in [6.07, 6.45) is 3.20. The molecule has 3 fully saturated rings. The van der Waals surface area contributed by atoms with Gasteiger partial charge in [0.1, 0.15) is 0 Å². The summed E-state index contributed by atoms with van der Waals surface area (Å²) in [5.41, 5.74) is 0.618. The number of hydrogen-bond donors (Lipinski definition) is 1. The van der Waals surface area contributed by atoms with Gasteiger partial charge in [-0.25, -0.2) is 4.18 Å². The van der Waals surface area contributed by atoms with E-state index in [1.807, 2.05) is 13.8 Å². The molecule has 0 aromatic carbocycles. The Morgan fingerprint density at radius 2 is 2.10 bits per heavy atom.